The maximum atomic E-state index is 11.6. The molecule has 0 aliphatic carbocycles. The molecule has 1 atom stereocenters. The van der Waals surface area contributed by atoms with Gasteiger partial charge in [0.1, 0.15) is 0 Å². The minimum atomic E-state index is -3.54. The van der Waals surface area contributed by atoms with Gasteiger partial charge in [-0.1, -0.05) is 0 Å². The molecule has 0 saturated carbocycles. The fraction of sp³-hybridized carbons (Fsp3) is 0.625. The molecule has 92 valence electrons. The van der Waals surface area contributed by atoms with Crippen molar-refractivity contribution in [2.45, 2.75) is 11.1 Å². The van der Waals surface area contributed by atoms with Gasteiger partial charge in [-0.3, -0.25) is 5.10 Å². The number of nitrogens with one attached hydrogen (secondary N) is 2. The smallest absolute Gasteiger partial charge is 0.257 e. The molecule has 8 heteroatoms. The third kappa shape index (κ3) is 3.56. The Morgan fingerprint density at radius 1 is 1.56 bits per heavy atom. The van der Waals surface area contributed by atoms with Crippen LogP contribution in [0.2, 0.25) is 0 Å². The highest BCUT2D eigenvalue weighted by atomic mass is 32.2. The van der Waals surface area contributed by atoms with E-state index in [1.54, 1.807) is 0 Å². The molecule has 0 aliphatic rings. The normalized spacial score (nSPS) is 13.9. The zero-order valence-corrected chi connectivity index (χ0v) is 9.95. The number of ether oxygens (including phenoxy) is 2. The van der Waals surface area contributed by atoms with E-state index >= 15 is 0 Å². The molecule has 0 radical (unpaired) electrons. The van der Waals surface area contributed by atoms with Crippen LogP contribution in [0, 0.1) is 0 Å². The quantitative estimate of drug-likeness (QED) is 0.669. The molecule has 0 aliphatic heterocycles. The number of hydrogen-bond acceptors (Lipinski definition) is 5. The van der Waals surface area contributed by atoms with Crippen LogP contribution in [0.25, 0.3) is 0 Å². The zero-order chi connectivity index (χ0) is 12.0. The largest absolute Gasteiger partial charge is 0.382 e. The van der Waals surface area contributed by atoms with Crippen LogP contribution in [-0.2, 0) is 19.5 Å². The Kier molecular flexibility index (Phi) is 4.87. The number of sulfonamides is 1. The van der Waals surface area contributed by atoms with Gasteiger partial charge in [0, 0.05) is 20.8 Å². The summed E-state index contributed by atoms with van der Waals surface area (Å²) in [5.74, 6) is 0. The first kappa shape index (κ1) is 13.1. The highest BCUT2D eigenvalue weighted by Crippen LogP contribution is 2.02. The Hall–Kier alpha value is -0.960. The lowest BCUT2D eigenvalue weighted by molar-refractivity contribution is 0.0320. The summed E-state index contributed by atoms with van der Waals surface area (Å²) in [5, 5.41) is 5.98. The minimum absolute atomic E-state index is 0.0276. The third-order valence-electron chi connectivity index (χ3n) is 1.95. The number of rotatable bonds is 7. The van der Waals surface area contributed by atoms with E-state index in [1.807, 2.05) is 0 Å². The van der Waals surface area contributed by atoms with Crippen LogP contribution >= 0.6 is 0 Å². The number of H-pyrrole nitrogens is 1. The molecule has 7 nitrogen and oxygen atoms in total. The number of hydrogen-bond donors (Lipinski definition) is 2. The van der Waals surface area contributed by atoms with Gasteiger partial charge in [0.15, 0.2) is 5.03 Å². The fourth-order valence-corrected chi connectivity index (χ4v) is 2.04. The molecule has 0 saturated heterocycles. The molecule has 1 rings (SSSR count). The van der Waals surface area contributed by atoms with E-state index in [2.05, 4.69) is 14.9 Å². The predicted octanol–water partition coefficient (Wildman–Crippen LogP) is -0.651. The van der Waals surface area contributed by atoms with Crippen molar-refractivity contribution >= 4 is 10.0 Å². The van der Waals surface area contributed by atoms with Crippen LogP contribution in [0.3, 0.4) is 0 Å². The molecule has 0 spiro atoms. The van der Waals surface area contributed by atoms with Crippen molar-refractivity contribution in [3.63, 3.8) is 0 Å². The summed E-state index contributed by atoms with van der Waals surface area (Å²) in [7, 11) is -0.527. The number of aromatic amines is 1. The van der Waals surface area contributed by atoms with Crippen LogP contribution in [0.15, 0.2) is 17.3 Å². The summed E-state index contributed by atoms with van der Waals surface area (Å²) < 4.78 is 35.6. The second kappa shape index (κ2) is 5.94. The standard InChI is InChI=1S/C8H15N3O4S/c1-14-6-7(15-2)5-10-16(12,13)8-3-4-9-11-8/h3-4,7,10H,5-6H2,1-2H3,(H,9,11). The van der Waals surface area contributed by atoms with Gasteiger partial charge in [-0.05, 0) is 6.07 Å². The topological polar surface area (TPSA) is 93.3 Å². The summed E-state index contributed by atoms with van der Waals surface area (Å²) in [6, 6.07) is 1.38. The Morgan fingerprint density at radius 3 is 2.81 bits per heavy atom. The minimum Gasteiger partial charge on any atom is -0.382 e. The predicted molar refractivity (Wildman–Crippen MR) is 56.4 cm³/mol. The first-order valence-corrected chi connectivity index (χ1v) is 6.09. The van der Waals surface area contributed by atoms with Crippen molar-refractivity contribution in [3.8, 4) is 0 Å². The SMILES string of the molecule is COCC(CNS(=O)(=O)c1ccn[nH]1)OC. The summed E-state index contributed by atoms with van der Waals surface area (Å²) in [5.41, 5.74) is 0. The van der Waals surface area contributed by atoms with Crippen molar-refractivity contribution in [1.29, 1.82) is 0 Å². The van der Waals surface area contributed by atoms with Crippen LogP contribution in [0.1, 0.15) is 0 Å². The van der Waals surface area contributed by atoms with Crippen LogP contribution in [0.4, 0.5) is 0 Å². The summed E-state index contributed by atoms with van der Waals surface area (Å²) in [4.78, 5) is 0. The van der Waals surface area contributed by atoms with Crippen LogP contribution in [0.5, 0.6) is 0 Å². The molecule has 1 unspecified atom stereocenters. The lowest BCUT2D eigenvalue weighted by Gasteiger charge is -2.14. The van der Waals surface area contributed by atoms with Gasteiger partial charge < -0.3 is 9.47 Å². The summed E-state index contributed by atoms with van der Waals surface area (Å²) in [6.45, 7) is 0.466. The molecular weight excluding hydrogens is 234 g/mol. The molecule has 1 aromatic heterocycles. The van der Waals surface area contributed by atoms with E-state index in [0.717, 1.165) is 0 Å². The van der Waals surface area contributed by atoms with Gasteiger partial charge in [0.25, 0.3) is 10.0 Å². The molecule has 1 heterocycles. The second-order valence-corrected chi connectivity index (χ2v) is 4.82. The van der Waals surface area contributed by atoms with E-state index < -0.39 is 10.0 Å². The Morgan fingerprint density at radius 2 is 2.31 bits per heavy atom. The van der Waals surface area contributed by atoms with Gasteiger partial charge >= 0.3 is 0 Å². The van der Waals surface area contributed by atoms with Crippen molar-refractivity contribution in [2.24, 2.45) is 0 Å². The second-order valence-electron chi connectivity index (χ2n) is 3.09. The van der Waals surface area contributed by atoms with Crippen molar-refractivity contribution in [3.05, 3.63) is 12.3 Å². The number of nitrogens with zero attached hydrogens (tertiary/aromatic N) is 1. The van der Waals surface area contributed by atoms with Gasteiger partial charge in [-0.15, -0.1) is 0 Å². The average molecular weight is 249 g/mol. The fourth-order valence-electron chi connectivity index (χ4n) is 1.07. The highest BCUT2D eigenvalue weighted by molar-refractivity contribution is 7.89. The molecule has 1 aromatic rings. The number of aromatic nitrogens is 2. The molecular formula is C8H15N3O4S. The molecule has 16 heavy (non-hydrogen) atoms. The molecule has 0 bridgehead atoms. The Bertz CT molecular complexity index is 389. The first-order chi connectivity index (χ1) is 7.60. The maximum Gasteiger partial charge on any atom is 0.257 e. The summed E-state index contributed by atoms with van der Waals surface area (Å²) >= 11 is 0. The maximum absolute atomic E-state index is 11.6. The van der Waals surface area contributed by atoms with Gasteiger partial charge in [-0.25, -0.2) is 13.1 Å². The molecule has 0 amide bonds. The lowest BCUT2D eigenvalue weighted by Crippen LogP contribution is -2.35. The monoisotopic (exact) mass is 249 g/mol. The summed E-state index contributed by atoms with van der Waals surface area (Å²) in [6.07, 6.45) is 1.06. The van der Waals surface area contributed by atoms with Crippen LogP contribution < -0.4 is 4.72 Å². The lowest BCUT2D eigenvalue weighted by atomic mass is 10.4. The van der Waals surface area contributed by atoms with Gasteiger partial charge in [-0.2, -0.15) is 5.10 Å². The zero-order valence-electron chi connectivity index (χ0n) is 9.13. The van der Waals surface area contributed by atoms with E-state index in [4.69, 9.17) is 9.47 Å². The molecule has 2 N–H and O–H groups in total. The van der Waals surface area contributed by atoms with E-state index in [0.29, 0.717) is 6.61 Å². The van der Waals surface area contributed by atoms with E-state index in [-0.39, 0.29) is 17.7 Å². The highest BCUT2D eigenvalue weighted by Gasteiger charge is 2.17. The first-order valence-electron chi connectivity index (χ1n) is 4.61. The molecule has 0 fully saturated rings. The van der Waals surface area contributed by atoms with E-state index in [9.17, 15) is 8.42 Å². The van der Waals surface area contributed by atoms with Crippen molar-refractivity contribution in [2.75, 3.05) is 27.4 Å². The van der Waals surface area contributed by atoms with Crippen molar-refractivity contribution in [1.82, 2.24) is 14.9 Å². The Labute approximate surface area is 94.2 Å². The number of methoxy groups -OCH3 is 2. The van der Waals surface area contributed by atoms with Gasteiger partial charge in [0.05, 0.1) is 18.9 Å². The Balaban J connectivity index is 2.54. The molecule has 0 aromatic carbocycles. The average Bonchev–Trinajstić information content (AvgIpc) is 2.78. The van der Waals surface area contributed by atoms with Crippen molar-refractivity contribution < 1.29 is 17.9 Å². The third-order valence-corrected chi connectivity index (χ3v) is 3.30. The van der Waals surface area contributed by atoms with Gasteiger partial charge in [0.2, 0.25) is 0 Å². The van der Waals surface area contributed by atoms with Crippen LogP contribution in [-0.4, -0.2) is 52.1 Å². The van der Waals surface area contributed by atoms with E-state index in [1.165, 1.54) is 26.5 Å².